The van der Waals surface area contributed by atoms with Gasteiger partial charge in [-0.25, -0.2) is 9.78 Å². The van der Waals surface area contributed by atoms with Crippen molar-refractivity contribution in [2.45, 2.75) is 32.0 Å². The van der Waals surface area contributed by atoms with Crippen molar-refractivity contribution in [1.29, 1.82) is 0 Å². The van der Waals surface area contributed by atoms with Crippen molar-refractivity contribution in [1.82, 2.24) is 20.5 Å². The molecule has 0 aromatic carbocycles. The van der Waals surface area contributed by atoms with Gasteiger partial charge >= 0.3 is 5.97 Å². The average molecular weight is 254 g/mol. The molecule has 8 heteroatoms. The number of ether oxygens (including phenoxy) is 1. The molecule has 2 rings (SSSR count). The van der Waals surface area contributed by atoms with Gasteiger partial charge in [0, 0.05) is 6.54 Å². The smallest absolute Gasteiger partial charge is 0.332 e. The van der Waals surface area contributed by atoms with E-state index in [0.717, 1.165) is 0 Å². The van der Waals surface area contributed by atoms with Crippen molar-refractivity contribution in [3.05, 3.63) is 11.6 Å². The molecule has 0 saturated carbocycles. The number of hydrogen-bond donors (Lipinski definition) is 3. The van der Waals surface area contributed by atoms with Crippen LogP contribution in [0.4, 0.5) is 0 Å². The van der Waals surface area contributed by atoms with E-state index in [-0.39, 0.29) is 18.5 Å². The van der Waals surface area contributed by atoms with Gasteiger partial charge in [-0.05, 0) is 19.8 Å². The number of nitrogens with zero attached hydrogens (tertiary/aromatic N) is 2. The Bertz CT molecular complexity index is 458. The van der Waals surface area contributed by atoms with E-state index >= 15 is 0 Å². The lowest BCUT2D eigenvalue weighted by Gasteiger charge is -2.11. The highest BCUT2D eigenvalue weighted by Gasteiger charge is 2.30. The number of hydrogen-bond acceptors (Lipinski definition) is 5. The lowest BCUT2D eigenvalue weighted by atomic mass is 10.2. The minimum absolute atomic E-state index is 0.0697. The molecule has 1 aliphatic rings. The molecule has 2 atom stereocenters. The molecule has 1 aromatic heterocycles. The minimum atomic E-state index is -0.964. The molecule has 1 fully saturated rings. The number of nitrogens with one attached hydrogen (secondary N) is 2. The summed E-state index contributed by atoms with van der Waals surface area (Å²) in [5, 5.41) is 17.7. The van der Waals surface area contributed by atoms with Gasteiger partial charge in [-0.3, -0.25) is 9.89 Å². The third-order valence-electron chi connectivity index (χ3n) is 2.67. The third-order valence-corrected chi connectivity index (χ3v) is 2.67. The van der Waals surface area contributed by atoms with Gasteiger partial charge in [0.25, 0.3) is 5.91 Å². The summed E-state index contributed by atoms with van der Waals surface area (Å²) >= 11 is 0. The highest BCUT2D eigenvalue weighted by atomic mass is 16.5. The predicted octanol–water partition coefficient (Wildman–Crippen LogP) is -0.525. The monoisotopic (exact) mass is 254 g/mol. The topological polar surface area (TPSA) is 117 Å². The van der Waals surface area contributed by atoms with Gasteiger partial charge in [0.2, 0.25) is 5.82 Å². The first-order valence-corrected chi connectivity index (χ1v) is 5.61. The number of aryl methyl sites for hydroxylation is 1. The molecule has 98 valence electrons. The molecule has 0 radical (unpaired) electrons. The molecular weight excluding hydrogens is 240 g/mol. The summed E-state index contributed by atoms with van der Waals surface area (Å²) in [6.07, 6.45) is 0.0487. The maximum atomic E-state index is 11.6. The van der Waals surface area contributed by atoms with E-state index < -0.39 is 18.0 Å². The van der Waals surface area contributed by atoms with Crippen LogP contribution in [0.5, 0.6) is 0 Å². The van der Waals surface area contributed by atoms with Crippen molar-refractivity contribution in [2.24, 2.45) is 0 Å². The minimum Gasteiger partial charge on any atom is -0.479 e. The summed E-state index contributed by atoms with van der Waals surface area (Å²) in [7, 11) is 0. The Morgan fingerprint density at radius 2 is 2.33 bits per heavy atom. The Balaban J connectivity index is 1.79. The highest BCUT2D eigenvalue weighted by Crippen LogP contribution is 2.19. The second-order valence-corrected chi connectivity index (χ2v) is 4.12. The molecule has 1 amide bonds. The van der Waals surface area contributed by atoms with Gasteiger partial charge in [0.15, 0.2) is 6.10 Å². The van der Waals surface area contributed by atoms with Crippen molar-refractivity contribution >= 4 is 11.9 Å². The number of rotatable bonds is 4. The first kappa shape index (κ1) is 12.5. The molecule has 1 aromatic rings. The van der Waals surface area contributed by atoms with Crippen molar-refractivity contribution in [3.63, 3.8) is 0 Å². The zero-order valence-corrected chi connectivity index (χ0v) is 9.84. The molecule has 1 aliphatic heterocycles. The van der Waals surface area contributed by atoms with E-state index in [0.29, 0.717) is 18.7 Å². The predicted molar refractivity (Wildman–Crippen MR) is 59.0 cm³/mol. The van der Waals surface area contributed by atoms with Crippen LogP contribution in [0.3, 0.4) is 0 Å². The molecule has 0 aliphatic carbocycles. The number of aromatic nitrogens is 3. The number of carboxylic acid groups (broad SMARTS) is 1. The van der Waals surface area contributed by atoms with Crippen LogP contribution in [0.1, 0.15) is 29.3 Å². The van der Waals surface area contributed by atoms with Crippen LogP contribution in [-0.4, -0.2) is 50.9 Å². The zero-order valence-electron chi connectivity index (χ0n) is 9.84. The van der Waals surface area contributed by atoms with Gasteiger partial charge in [-0.15, -0.1) is 5.10 Å². The molecule has 2 unspecified atom stereocenters. The third kappa shape index (κ3) is 2.83. The van der Waals surface area contributed by atoms with Gasteiger partial charge in [0.1, 0.15) is 5.82 Å². The van der Waals surface area contributed by atoms with Crippen LogP contribution in [0.2, 0.25) is 0 Å². The van der Waals surface area contributed by atoms with Crippen LogP contribution in [0.25, 0.3) is 0 Å². The Morgan fingerprint density at radius 3 is 2.89 bits per heavy atom. The van der Waals surface area contributed by atoms with Crippen LogP contribution in [0.15, 0.2) is 0 Å². The molecule has 18 heavy (non-hydrogen) atoms. The average Bonchev–Trinajstić information content (AvgIpc) is 2.94. The SMILES string of the molecule is Cc1nc(C(=O)NCC2CCC(C(=O)O)O2)n[nH]1. The number of aliphatic carboxylic acids is 1. The van der Waals surface area contributed by atoms with E-state index in [9.17, 15) is 9.59 Å². The Kier molecular flexibility index (Phi) is 3.56. The summed E-state index contributed by atoms with van der Waals surface area (Å²) < 4.78 is 5.25. The van der Waals surface area contributed by atoms with Gasteiger partial charge < -0.3 is 15.2 Å². The van der Waals surface area contributed by atoms with Crippen LogP contribution < -0.4 is 5.32 Å². The zero-order chi connectivity index (χ0) is 13.1. The van der Waals surface area contributed by atoms with Crippen molar-refractivity contribution in [2.75, 3.05) is 6.54 Å². The first-order chi connectivity index (χ1) is 8.56. The fraction of sp³-hybridized carbons (Fsp3) is 0.600. The molecule has 0 spiro atoms. The summed E-state index contributed by atoms with van der Waals surface area (Å²) in [4.78, 5) is 26.2. The molecule has 8 nitrogen and oxygen atoms in total. The Hall–Kier alpha value is -1.96. The molecule has 3 N–H and O–H groups in total. The molecule has 0 bridgehead atoms. The van der Waals surface area contributed by atoms with Gasteiger partial charge in [0.05, 0.1) is 6.10 Å². The second-order valence-electron chi connectivity index (χ2n) is 4.12. The van der Waals surface area contributed by atoms with E-state index in [4.69, 9.17) is 9.84 Å². The molecule has 2 heterocycles. The number of H-pyrrole nitrogens is 1. The van der Waals surface area contributed by atoms with Gasteiger partial charge in [-0.1, -0.05) is 0 Å². The quantitative estimate of drug-likeness (QED) is 0.665. The van der Waals surface area contributed by atoms with Crippen LogP contribution >= 0.6 is 0 Å². The summed E-state index contributed by atoms with van der Waals surface area (Å²) in [5.41, 5.74) is 0. The largest absolute Gasteiger partial charge is 0.479 e. The van der Waals surface area contributed by atoms with Crippen LogP contribution in [0, 0.1) is 6.92 Å². The standard InChI is InChI=1S/C10H14N4O4/c1-5-12-8(14-13-5)9(15)11-4-6-2-3-7(18-6)10(16)17/h6-7H,2-4H2,1H3,(H,11,15)(H,16,17)(H,12,13,14). The van der Waals surface area contributed by atoms with E-state index in [1.54, 1.807) is 6.92 Å². The maximum absolute atomic E-state index is 11.6. The Labute approximate surface area is 103 Å². The fourth-order valence-corrected chi connectivity index (χ4v) is 1.77. The van der Waals surface area contributed by atoms with E-state index in [2.05, 4.69) is 20.5 Å². The van der Waals surface area contributed by atoms with Crippen molar-refractivity contribution in [3.8, 4) is 0 Å². The number of amides is 1. The normalized spacial score (nSPS) is 22.9. The fourth-order valence-electron chi connectivity index (χ4n) is 1.77. The lowest BCUT2D eigenvalue weighted by molar-refractivity contribution is -0.149. The lowest BCUT2D eigenvalue weighted by Crippen LogP contribution is -2.33. The molecular formula is C10H14N4O4. The summed E-state index contributed by atoms with van der Waals surface area (Å²) in [5.74, 6) is -0.737. The number of carbonyl (C=O) groups excluding carboxylic acids is 1. The summed E-state index contributed by atoms with van der Waals surface area (Å²) in [6, 6.07) is 0. The second kappa shape index (κ2) is 5.13. The number of aromatic amines is 1. The highest BCUT2D eigenvalue weighted by molar-refractivity contribution is 5.90. The number of carboxylic acids is 1. The maximum Gasteiger partial charge on any atom is 0.332 e. The number of carbonyl (C=O) groups is 2. The molecule has 1 saturated heterocycles. The van der Waals surface area contributed by atoms with E-state index in [1.165, 1.54) is 0 Å². The Morgan fingerprint density at radius 1 is 1.56 bits per heavy atom. The van der Waals surface area contributed by atoms with Crippen LogP contribution in [-0.2, 0) is 9.53 Å². The van der Waals surface area contributed by atoms with Gasteiger partial charge in [-0.2, -0.15) is 0 Å². The summed E-state index contributed by atoms with van der Waals surface area (Å²) in [6.45, 7) is 1.96. The van der Waals surface area contributed by atoms with E-state index in [1.807, 2.05) is 0 Å². The first-order valence-electron chi connectivity index (χ1n) is 5.61. The van der Waals surface area contributed by atoms with Crippen molar-refractivity contribution < 1.29 is 19.4 Å².